The standard InChI is InChI=1S/C3H4N2S2/c6-3-1-2-4-5(3)7/h1-2,6-7H. The van der Waals surface area contributed by atoms with Gasteiger partial charge in [-0.3, -0.25) is 0 Å². The molecule has 0 radical (unpaired) electrons. The van der Waals surface area contributed by atoms with Gasteiger partial charge < -0.3 is 0 Å². The summed E-state index contributed by atoms with van der Waals surface area (Å²) >= 11 is 7.85. The summed E-state index contributed by atoms with van der Waals surface area (Å²) in [5.41, 5.74) is 0. The molecule has 38 valence electrons. The van der Waals surface area contributed by atoms with Gasteiger partial charge in [0.1, 0.15) is 5.03 Å². The molecule has 0 saturated carbocycles. The Morgan fingerprint density at radius 2 is 2.43 bits per heavy atom. The van der Waals surface area contributed by atoms with Crippen molar-refractivity contribution in [3.8, 4) is 0 Å². The first-order chi connectivity index (χ1) is 3.30. The fourth-order valence-corrected chi connectivity index (χ4v) is 0.534. The molecule has 1 aromatic heterocycles. The molecule has 0 N–H and O–H groups in total. The molecule has 0 spiro atoms. The lowest BCUT2D eigenvalue weighted by molar-refractivity contribution is 0.937. The second-order valence-corrected chi connectivity index (χ2v) is 1.92. The quantitative estimate of drug-likeness (QED) is 0.501. The summed E-state index contributed by atoms with van der Waals surface area (Å²) in [6.07, 6.45) is 1.63. The molecule has 1 rings (SSSR count). The van der Waals surface area contributed by atoms with Crippen molar-refractivity contribution in [2.45, 2.75) is 5.03 Å². The maximum atomic E-state index is 3.97. The minimum atomic E-state index is 0.753. The van der Waals surface area contributed by atoms with Crippen LogP contribution in [0, 0.1) is 0 Å². The van der Waals surface area contributed by atoms with E-state index in [0.717, 1.165) is 5.03 Å². The minimum absolute atomic E-state index is 0.753. The van der Waals surface area contributed by atoms with Gasteiger partial charge in [0.25, 0.3) is 0 Å². The summed E-state index contributed by atoms with van der Waals surface area (Å²) in [5.74, 6) is 0. The van der Waals surface area contributed by atoms with Crippen LogP contribution in [-0.2, 0) is 0 Å². The summed E-state index contributed by atoms with van der Waals surface area (Å²) < 4.78 is 1.39. The van der Waals surface area contributed by atoms with Crippen molar-refractivity contribution < 1.29 is 0 Å². The van der Waals surface area contributed by atoms with Gasteiger partial charge in [-0.2, -0.15) is 5.10 Å². The van der Waals surface area contributed by atoms with Crippen molar-refractivity contribution >= 4 is 25.4 Å². The Bertz CT molecular complexity index is 143. The summed E-state index contributed by atoms with van der Waals surface area (Å²) in [4.78, 5) is 0. The molecule has 7 heavy (non-hydrogen) atoms. The predicted molar refractivity (Wildman–Crippen MR) is 33.9 cm³/mol. The van der Waals surface area contributed by atoms with Crippen molar-refractivity contribution in [3.05, 3.63) is 12.3 Å². The van der Waals surface area contributed by atoms with Crippen LogP contribution in [0.3, 0.4) is 0 Å². The number of hydrogen-bond acceptors (Lipinski definition) is 3. The Hall–Kier alpha value is -0.0900. The third kappa shape index (κ3) is 0.920. The minimum Gasteiger partial charge on any atom is -0.204 e. The number of nitrogens with zero attached hydrogens (tertiary/aromatic N) is 2. The highest BCUT2D eigenvalue weighted by Crippen LogP contribution is 2.02. The van der Waals surface area contributed by atoms with Gasteiger partial charge in [-0.15, -0.1) is 12.6 Å². The van der Waals surface area contributed by atoms with Crippen LogP contribution in [0.25, 0.3) is 0 Å². The first-order valence-corrected chi connectivity index (χ1v) is 2.57. The van der Waals surface area contributed by atoms with Crippen molar-refractivity contribution in [3.63, 3.8) is 0 Å². The van der Waals surface area contributed by atoms with Crippen LogP contribution in [-0.4, -0.2) is 9.19 Å². The van der Waals surface area contributed by atoms with Gasteiger partial charge in [0, 0.05) is 0 Å². The molecule has 1 aromatic rings. The molecule has 1 heterocycles. The van der Waals surface area contributed by atoms with E-state index in [-0.39, 0.29) is 0 Å². The monoisotopic (exact) mass is 132 g/mol. The van der Waals surface area contributed by atoms with Gasteiger partial charge >= 0.3 is 0 Å². The average molecular weight is 132 g/mol. The fourth-order valence-electron chi connectivity index (χ4n) is 0.289. The van der Waals surface area contributed by atoms with Crippen LogP contribution in [0.4, 0.5) is 0 Å². The van der Waals surface area contributed by atoms with Crippen LogP contribution in [0.2, 0.25) is 0 Å². The summed E-state index contributed by atoms with van der Waals surface area (Å²) in [6.45, 7) is 0. The first kappa shape index (κ1) is 5.05. The van der Waals surface area contributed by atoms with Crippen LogP contribution in [0.1, 0.15) is 0 Å². The average Bonchev–Trinajstić information content (AvgIpc) is 1.91. The van der Waals surface area contributed by atoms with Crippen LogP contribution in [0.15, 0.2) is 17.3 Å². The highest BCUT2D eigenvalue weighted by atomic mass is 32.1. The molecule has 4 heteroatoms. The van der Waals surface area contributed by atoms with Crippen LogP contribution in [0.5, 0.6) is 0 Å². The number of thiol groups is 2. The third-order valence-corrected chi connectivity index (χ3v) is 1.42. The lowest BCUT2D eigenvalue weighted by atomic mass is 10.8. The molecule has 0 unspecified atom stereocenters. The van der Waals surface area contributed by atoms with E-state index < -0.39 is 0 Å². The van der Waals surface area contributed by atoms with E-state index in [2.05, 4.69) is 30.5 Å². The van der Waals surface area contributed by atoms with Gasteiger partial charge in [0.15, 0.2) is 0 Å². The number of hydrogen-bond donors (Lipinski definition) is 2. The molecule has 0 saturated heterocycles. The largest absolute Gasteiger partial charge is 0.204 e. The van der Waals surface area contributed by atoms with E-state index in [1.54, 1.807) is 12.3 Å². The van der Waals surface area contributed by atoms with Crippen LogP contribution < -0.4 is 0 Å². The van der Waals surface area contributed by atoms with E-state index >= 15 is 0 Å². The van der Waals surface area contributed by atoms with Gasteiger partial charge in [-0.1, -0.05) is 0 Å². The molecule has 2 nitrogen and oxygen atoms in total. The predicted octanol–water partition coefficient (Wildman–Crippen LogP) is 0.865. The normalized spacial score (nSPS) is 9.43. The maximum absolute atomic E-state index is 3.97. The van der Waals surface area contributed by atoms with E-state index in [1.807, 2.05) is 0 Å². The number of aromatic nitrogens is 2. The van der Waals surface area contributed by atoms with Gasteiger partial charge in [-0.25, -0.2) is 4.09 Å². The van der Waals surface area contributed by atoms with Crippen molar-refractivity contribution in [2.75, 3.05) is 0 Å². The Kier molecular flexibility index (Phi) is 1.30. The first-order valence-electron chi connectivity index (χ1n) is 1.73. The van der Waals surface area contributed by atoms with E-state index in [1.165, 1.54) is 4.09 Å². The molecule has 0 bridgehead atoms. The molecule has 0 aliphatic rings. The molecule has 0 fully saturated rings. The smallest absolute Gasteiger partial charge is 0.104 e. The van der Waals surface area contributed by atoms with Gasteiger partial charge in [0.2, 0.25) is 0 Å². The molecule has 0 aliphatic heterocycles. The van der Waals surface area contributed by atoms with Crippen molar-refractivity contribution in [2.24, 2.45) is 0 Å². The highest BCUT2D eigenvalue weighted by Gasteiger charge is 1.86. The second kappa shape index (κ2) is 1.79. The highest BCUT2D eigenvalue weighted by molar-refractivity contribution is 7.82. The maximum Gasteiger partial charge on any atom is 0.104 e. The fraction of sp³-hybridized carbons (Fsp3) is 0. The Labute approximate surface area is 52.5 Å². The van der Waals surface area contributed by atoms with Gasteiger partial charge in [-0.05, 0) is 18.9 Å². The van der Waals surface area contributed by atoms with Gasteiger partial charge in [0.05, 0.1) is 6.20 Å². The second-order valence-electron chi connectivity index (χ2n) is 1.08. The zero-order valence-corrected chi connectivity index (χ0v) is 5.23. The summed E-state index contributed by atoms with van der Waals surface area (Å²) in [7, 11) is 0. The zero-order valence-electron chi connectivity index (χ0n) is 3.44. The topological polar surface area (TPSA) is 17.8 Å². The lowest BCUT2D eigenvalue weighted by Gasteiger charge is -1.84. The van der Waals surface area contributed by atoms with Crippen molar-refractivity contribution in [1.29, 1.82) is 0 Å². The van der Waals surface area contributed by atoms with E-state index in [0.29, 0.717) is 0 Å². The van der Waals surface area contributed by atoms with Crippen molar-refractivity contribution in [1.82, 2.24) is 9.19 Å². The molecule has 0 amide bonds. The van der Waals surface area contributed by atoms with E-state index in [4.69, 9.17) is 0 Å². The third-order valence-electron chi connectivity index (χ3n) is 0.605. The summed E-state index contributed by atoms with van der Waals surface area (Å²) in [5, 5.41) is 4.47. The lowest BCUT2D eigenvalue weighted by Crippen LogP contribution is -1.78. The molecule has 0 aliphatic carbocycles. The number of rotatable bonds is 0. The molecular weight excluding hydrogens is 128 g/mol. The SMILES string of the molecule is Sc1ccnn1S. The summed E-state index contributed by atoms with van der Waals surface area (Å²) in [6, 6.07) is 1.76. The molecule has 0 atom stereocenters. The molecule has 0 aromatic carbocycles. The Morgan fingerprint density at radius 1 is 1.71 bits per heavy atom. The Balaban J connectivity index is 3.12. The van der Waals surface area contributed by atoms with E-state index in [9.17, 15) is 0 Å². The van der Waals surface area contributed by atoms with Crippen LogP contribution >= 0.6 is 25.4 Å². The molecular formula is C3H4N2S2. The zero-order chi connectivity index (χ0) is 5.28. The Morgan fingerprint density at radius 3 is 2.57 bits per heavy atom.